The number of anilines is 1. The molecule has 0 saturated heterocycles. The third-order valence-electron chi connectivity index (χ3n) is 3.22. The zero-order valence-electron chi connectivity index (χ0n) is 12.4. The molecule has 4 nitrogen and oxygen atoms in total. The highest BCUT2D eigenvalue weighted by atomic mass is 79.9. The second kappa shape index (κ2) is 7.22. The smallest absolute Gasteiger partial charge is 0.339 e. The maximum Gasteiger partial charge on any atom is 0.339 e. The van der Waals surface area contributed by atoms with Crippen LogP contribution in [0.3, 0.4) is 0 Å². The lowest BCUT2D eigenvalue weighted by atomic mass is 10.1. The minimum atomic E-state index is -0.539. The molecule has 2 rings (SSSR count). The summed E-state index contributed by atoms with van der Waals surface area (Å²) in [5, 5.41) is 2.70. The van der Waals surface area contributed by atoms with Gasteiger partial charge in [0.05, 0.1) is 5.56 Å². The molecule has 1 amide bonds. The summed E-state index contributed by atoms with van der Waals surface area (Å²) in [4.78, 5) is 23.7. The molecule has 5 heteroatoms. The highest BCUT2D eigenvalue weighted by Crippen LogP contribution is 2.17. The van der Waals surface area contributed by atoms with E-state index in [2.05, 4.69) is 21.2 Å². The summed E-state index contributed by atoms with van der Waals surface area (Å²) in [7, 11) is 0. The van der Waals surface area contributed by atoms with E-state index in [9.17, 15) is 9.59 Å². The zero-order chi connectivity index (χ0) is 16.1. The molecule has 0 radical (unpaired) electrons. The van der Waals surface area contributed by atoms with E-state index < -0.39 is 5.97 Å². The van der Waals surface area contributed by atoms with Gasteiger partial charge in [-0.1, -0.05) is 18.2 Å². The van der Waals surface area contributed by atoms with Gasteiger partial charge in [-0.25, -0.2) is 4.79 Å². The lowest BCUT2D eigenvalue weighted by Gasteiger charge is -2.09. The molecular formula is C17H16BrNO3. The molecule has 0 unspecified atom stereocenters. The van der Waals surface area contributed by atoms with Gasteiger partial charge in [0.2, 0.25) is 0 Å². The van der Waals surface area contributed by atoms with Crippen molar-refractivity contribution in [2.24, 2.45) is 0 Å². The summed E-state index contributed by atoms with van der Waals surface area (Å²) in [6.45, 7) is 3.64. The minimum Gasteiger partial charge on any atom is -0.452 e. The number of hydrogen-bond donors (Lipinski definition) is 1. The first-order valence-electron chi connectivity index (χ1n) is 6.76. The van der Waals surface area contributed by atoms with E-state index in [1.54, 1.807) is 24.3 Å². The summed E-state index contributed by atoms with van der Waals surface area (Å²) in [6, 6.07) is 12.5. The standard InChI is InChI=1S/C17H16BrNO3/c1-11-7-8-13(9-12(11)2)19-16(20)10-22-17(21)14-5-3-4-6-15(14)18/h3-9H,10H2,1-2H3,(H,19,20). The van der Waals surface area contributed by atoms with E-state index in [1.807, 2.05) is 32.0 Å². The SMILES string of the molecule is Cc1ccc(NC(=O)COC(=O)c2ccccc2Br)cc1C. The Labute approximate surface area is 137 Å². The average Bonchev–Trinajstić information content (AvgIpc) is 2.49. The largest absolute Gasteiger partial charge is 0.452 e. The molecule has 0 heterocycles. The van der Waals surface area contributed by atoms with Gasteiger partial charge in [0, 0.05) is 10.2 Å². The highest BCUT2D eigenvalue weighted by molar-refractivity contribution is 9.10. The number of amides is 1. The van der Waals surface area contributed by atoms with Crippen LogP contribution in [-0.4, -0.2) is 18.5 Å². The van der Waals surface area contributed by atoms with Crippen LogP contribution in [0.5, 0.6) is 0 Å². The lowest BCUT2D eigenvalue weighted by molar-refractivity contribution is -0.119. The van der Waals surface area contributed by atoms with Gasteiger partial charge in [-0.2, -0.15) is 0 Å². The van der Waals surface area contributed by atoms with Crippen molar-refractivity contribution in [3.63, 3.8) is 0 Å². The molecule has 1 N–H and O–H groups in total. The highest BCUT2D eigenvalue weighted by Gasteiger charge is 2.13. The second-order valence-electron chi connectivity index (χ2n) is 4.90. The Bertz CT molecular complexity index is 713. The van der Waals surface area contributed by atoms with Crippen LogP contribution in [0.15, 0.2) is 46.9 Å². The Morgan fingerprint density at radius 1 is 1.09 bits per heavy atom. The summed E-state index contributed by atoms with van der Waals surface area (Å²) >= 11 is 3.27. The first kappa shape index (κ1) is 16.2. The third kappa shape index (κ3) is 4.18. The van der Waals surface area contributed by atoms with Crippen LogP contribution in [0.1, 0.15) is 21.5 Å². The summed E-state index contributed by atoms with van der Waals surface area (Å²) in [5.41, 5.74) is 3.31. The monoisotopic (exact) mass is 361 g/mol. The van der Waals surface area contributed by atoms with Crippen LogP contribution in [0.4, 0.5) is 5.69 Å². The maximum atomic E-state index is 11.9. The Balaban J connectivity index is 1.91. The predicted octanol–water partition coefficient (Wildman–Crippen LogP) is 3.86. The Morgan fingerprint density at radius 3 is 2.50 bits per heavy atom. The molecule has 0 aliphatic carbocycles. The maximum absolute atomic E-state index is 11.9. The molecule has 0 fully saturated rings. The van der Waals surface area contributed by atoms with Gasteiger partial charge in [-0.15, -0.1) is 0 Å². The average molecular weight is 362 g/mol. The second-order valence-corrected chi connectivity index (χ2v) is 5.76. The van der Waals surface area contributed by atoms with Gasteiger partial charge in [0.15, 0.2) is 6.61 Å². The molecule has 0 aliphatic heterocycles. The molecule has 2 aromatic carbocycles. The minimum absolute atomic E-state index is 0.326. The molecule has 0 spiro atoms. The predicted molar refractivity (Wildman–Crippen MR) is 89.0 cm³/mol. The number of rotatable bonds is 4. The number of benzene rings is 2. The van der Waals surface area contributed by atoms with Crippen LogP contribution in [-0.2, 0) is 9.53 Å². The normalized spacial score (nSPS) is 10.1. The van der Waals surface area contributed by atoms with Gasteiger partial charge < -0.3 is 10.1 Å². The van der Waals surface area contributed by atoms with Crippen LogP contribution >= 0.6 is 15.9 Å². The van der Waals surface area contributed by atoms with E-state index in [-0.39, 0.29) is 12.5 Å². The van der Waals surface area contributed by atoms with Gasteiger partial charge in [0.25, 0.3) is 5.91 Å². The van der Waals surface area contributed by atoms with Crippen molar-refractivity contribution >= 4 is 33.5 Å². The fourth-order valence-electron chi connectivity index (χ4n) is 1.85. The van der Waals surface area contributed by atoms with Crippen LogP contribution in [0.25, 0.3) is 0 Å². The van der Waals surface area contributed by atoms with Crippen molar-refractivity contribution in [2.75, 3.05) is 11.9 Å². The van der Waals surface area contributed by atoms with Crippen LogP contribution < -0.4 is 5.32 Å². The molecular weight excluding hydrogens is 346 g/mol. The fourth-order valence-corrected chi connectivity index (χ4v) is 2.30. The molecule has 0 bridgehead atoms. The molecule has 2 aromatic rings. The summed E-state index contributed by atoms with van der Waals surface area (Å²) in [6.07, 6.45) is 0. The number of ether oxygens (including phenoxy) is 1. The van der Waals surface area contributed by atoms with E-state index in [0.29, 0.717) is 15.7 Å². The molecule has 0 saturated carbocycles. The molecule has 0 atom stereocenters. The fraction of sp³-hybridized carbons (Fsp3) is 0.176. The van der Waals surface area contributed by atoms with Crippen molar-refractivity contribution in [1.29, 1.82) is 0 Å². The number of carbonyl (C=O) groups is 2. The summed E-state index contributed by atoms with van der Waals surface area (Å²) < 4.78 is 5.65. The van der Waals surface area contributed by atoms with Gasteiger partial charge in [-0.05, 0) is 65.2 Å². The van der Waals surface area contributed by atoms with Crippen molar-refractivity contribution in [3.05, 3.63) is 63.6 Å². The number of nitrogens with one attached hydrogen (secondary N) is 1. The summed E-state index contributed by atoms with van der Waals surface area (Å²) in [5.74, 6) is -0.911. The number of hydrogen-bond acceptors (Lipinski definition) is 3. The molecule has 114 valence electrons. The third-order valence-corrected chi connectivity index (χ3v) is 3.91. The first-order chi connectivity index (χ1) is 10.5. The zero-order valence-corrected chi connectivity index (χ0v) is 13.9. The number of carbonyl (C=O) groups excluding carboxylic acids is 2. The topological polar surface area (TPSA) is 55.4 Å². The molecule has 0 aromatic heterocycles. The van der Waals surface area contributed by atoms with Gasteiger partial charge in [0.1, 0.15) is 0 Å². The number of esters is 1. The van der Waals surface area contributed by atoms with Crippen molar-refractivity contribution in [3.8, 4) is 0 Å². The quantitative estimate of drug-likeness (QED) is 0.841. The van der Waals surface area contributed by atoms with Gasteiger partial charge >= 0.3 is 5.97 Å². The molecule has 22 heavy (non-hydrogen) atoms. The van der Waals surface area contributed by atoms with E-state index in [4.69, 9.17) is 4.74 Å². The van der Waals surface area contributed by atoms with E-state index in [1.165, 1.54) is 0 Å². The van der Waals surface area contributed by atoms with Crippen molar-refractivity contribution < 1.29 is 14.3 Å². The van der Waals surface area contributed by atoms with Crippen LogP contribution in [0.2, 0.25) is 0 Å². The van der Waals surface area contributed by atoms with Gasteiger partial charge in [-0.3, -0.25) is 4.79 Å². The Morgan fingerprint density at radius 2 is 1.82 bits per heavy atom. The lowest BCUT2D eigenvalue weighted by Crippen LogP contribution is -2.21. The van der Waals surface area contributed by atoms with Crippen molar-refractivity contribution in [2.45, 2.75) is 13.8 Å². The first-order valence-corrected chi connectivity index (χ1v) is 7.55. The number of aryl methyl sites for hydroxylation is 2. The Kier molecular flexibility index (Phi) is 5.33. The van der Waals surface area contributed by atoms with E-state index in [0.717, 1.165) is 11.1 Å². The van der Waals surface area contributed by atoms with Crippen molar-refractivity contribution in [1.82, 2.24) is 0 Å². The number of halogens is 1. The molecule has 0 aliphatic rings. The van der Waals surface area contributed by atoms with Crippen LogP contribution in [0, 0.1) is 13.8 Å². The Hall–Kier alpha value is -2.14. The van der Waals surface area contributed by atoms with E-state index >= 15 is 0 Å².